The lowest BCUT2D eigenvalue weighted by molar-refractivity contribution is -0.132. The molecule has 0 heterocycles. The molecule has 7 nitrogen and oxygen atoms in total. The SMILES string of the molecule is CCCCC(CC)CNC(=O)c1ccccc1-c1ccccc1C(=O)NCC(CC)CCCC.CCN(CC)C(=O)COc1ccc(C)cc1C. The van der Waals surface area contributed by atoms with Crippen LogP contribution in [-0.4, -0.2) is 55.4 Å². The number of benzene rings is 3. The standard InChI is InChI=1S/C30H44N2O2.C14H21NO2/c1-5-9-15-23(7-3)21-31-29(33)27-19-13-11-17-25(27)26-18-12-14-20-28(26)30(34)32-22-24(8-4)16-10-6-2;1-5-15(6-2)14(16)10-17-13-8-7-11(3)9-12(13)4/h11-14,17-20,23-24H,5-10,15-16,21-22H2,1-4H3,(H,31,33)(H,32,34);7-9H,5-6,10H2,1-4H3. The number of nitrogens with zero attached hydrogens (tertiary/aromatic N) is 1. The smallest absolute Gasteiger partial charge is 0.260 e. The highest BCUT2D eigenvalue weighted by Gasteiger charge is 2.19. The van der Waals surface area contributed by atoms with E-state index in [4.69, 9.17) is 4.74 Å². The van der Waals surface area contributed by atoms with Crippen molar-refractivity contribution in [2.45, 2.75) is 107 Å². The molecule has 0 aromatic heterocycles. The van der Waals surface area contributed by atoms with Gasteiger partial charge < -0.3 is 20.3 Å². The molecule has 2 atom stereocenters. The maximum absolute atomic E-state index is 13.2. The summed E-state index contributed by atoms with van der Waals surface area (Å²) in [6.45, 7) is 19.7. The summed E-state index contributed by atoms with van der Waals surface area (Å²) < 4.78 is 5.55. The van der Waals surface area contributed by atoms with Gasteiger partial charge in [0.25, 0.3) is 17.7 Å². The molecule has 0 spiro atoms. The second-order valence-electron chi connectivity index (χ2n) is 13.5. The summed E-state index contributed by atoms with van der Waals surface area (Å²) in [5.74, 6) is 1.66. The second-order valence-corrected chi connectivity index (χ2v) is 13.5. The van der Waals surface area contributed by atoms with Crippen molar-refractivity contribution in [2.75, 3.05) is 32.8 Å². The number of carbonyl (C=O) groups excluding carboxylic acids is 3. The summed E-state index contributed by atoms with van der Waals surface area (Å²) in [7, 11) is 0. The van der Waals surface area contributed by atoms with E-state index < -0.39 is 0 Å². The fourth-order valence-corrected chi connectivity index (χ4v) is 6.15. The zero-order valence-electron chi connectivity index (χ0n) is 32.8. The van der Waals surface area contributed by atoms with Crippen LogP contribution in [0.4, 0.5) is 0 Å². The maximum Gasteiger partial charge on any atom is 0.260 e. The van der Waals surface area contributed by atoms with Gasteiger partial charge >= 0.3 is 0 Å². The van der Waals surface area contributed by atoms with Crippen molar-refractivity contribution >= 4 is 17.7 Å². The topological polar surface area (TPSA) is 87.7 Å². The first-order valence-corrected chi connectivity index (χ1v) is 19.4. The van der Waals surface area contributed by atoms with Crippen LogP contribution in [0.3, 0.4) is 0 Å². The van der Waals surface area contributed by atoms with Crippen molar-refractivity contribution in [3.05, 3.63) is 89.0 Å². The lowest BCUT2D eigenvalue weighted by Gasteiger charge is -2.19. The van der Waals surface area contributed by atoms with Crippen LogP contribution in [0.25, 0.3) is 11.1 Å². The summed E-state index contributed by atoms with van der Waals surface area (Å²) in [4.78, 5) is 39.8. The largest absolute Gasteiger partial charge is 0.484 e. The third kappa shape index (κ3) is 14.6. The number of ether oxygens (including phenoxy) is 1. The van der Waals surface area contributed by atoms with Gasteiger partial charge in [-0.2, -0.15) is 0 Å². The number of amides is 3. The molecule has 3 aromatic carbocycles. The van der Waals surface area contributed by atoms with E-state index in [-0.39, 0.29) is 24.3 Å². The van der Waals surface area contributed by atoms with Crippen molar-refractivity contribution in [2.24, 2.45) is 11.8 Å². The van der Waals surface area contributed by atoms with Crippen molar-refractivity contribution in [1.82, 2.24) is 15.5 Å². The Kier molecular flexibility index (Phi) is 20.4. The van der Waals surface area contributed by atoms with Gasteiger partial charge in [0, 0.05) is 37.3 Å². The van der Waals surface area contributed by atoms with E-state index in [0.29, 0.717) is 36.1 Å². The summed E-state index contributed by atoms with van der Waals surface area (Å²) in [6, 6.07) is 21.2. The van der Waals surface area contributed by atoms with Gasteiger partial charge in [-0.15, -0.1) is 0 Å². The first kappa shape index (κ1) is 43.0. The van der Waals surface area contributed by atoms with Crippen LogP contribution >= 0.6 is 0 Å². The Bertz CT molecular complexity index is 1410. The quantitative estimate of drug-likeness (QED) is 0.123. The highest BCUT2D eigenvalue weighted by Crippen LogP contribution is 2.28. The lowest BCUT2D eigenvalue weighted by Crippen LogP contribution is -2.34. The van der Waals surface area contributed by atoms with Gasteiger partial charge in [0.2, 0.25) is 0 Å². The van der Waals surface area contributed by atoms with E-state index in [1.807, 2.05) is 88.4 Å². The third-order valence-corrected chi connectivity index (χ3v) is 9.62. The Balaban J connectivity index is 0.000000444. The van der Waals surface area contributed by atoms with Crippen LogP contribution in [0.5, 0.6) is 5.75 Å². The van der Waals surface area contributed by atoms with E-state index in [2.05, 4.69) is 44.4 Å². The summed E-state index contributed by atoms with van der Waals surface area (Å²) in [5.41, 5.74) is 5.09. The Labute approximate surface area is 308 Å². The predicted molar refractivity (Wildman–Crippen MR) is 212 cm³/mol. The zero-order valence-corrected chi connectivity index (χ0v) is 32.8. The van der Waals surface area contributed by atoms with Crippen LogP contribution in [0.15, 0.2) is 66.7 Å². The molecule has 280 valence electrons. The third-order valence-electron chi connectivity index (χ3n) is 9.62. The normalized spacial score (nSPS) is 11.8. The van der Waals surface area contributed by atoms with Gasteiger partial charge in [-0.1, -0.05) is 120 Å². The lowest BCUT2D eigenvalue weighted by atomic mass is 9.94. The number of rotatable bonds is 20. The summed E-state index contributed by atoms with van der Waals surface area (Å²) >= 11 is 0. The molecule has 0 aliphatic rings. The average Bonchev–Trinajstić information content (AvgIpc) is 3.15. The molecule has 3 rings (SSSR count). The van der Waals surface area contributed by atoms with E-state index in [9.17, 15) is 14.4 Å². The fourth-order valence-electron chi connectivity index (χ4n) is 6.15. The minimum Gasteiger partial charge on any atom is -0.484 e. The van der Waals surface area contributed by atoms with Crippen molar-refractivity contribution in [3.63, 3.8) is 0 Å². The van der Waals surface area contributed by atoms with Gasteiger partial charge in [0.1, 0.15) is 5.75 Å². The van der Waals surface area contributed by atoms with Crippen LogP contribution in [0.1, 0.15) is 125 Å². The molecule has 51 heavy (non-hydrogen) atoms. The molecule has 2 unspecified atom stereocenters. The zero-order chi connectivity index (χ0) is 37.6. The first-order chi connectivity index (χ1) is 24.6. The van der Waals surface area contributed by atoms with Crippen molar-refractivity contribution in [3.8, 4) is 16.9 Å². The maximum atomic E-state index is 13.2. The van der Waals surface area contributed by atoms with Crippen LogP contribution in [0.2, 0.25) is 0 Å². The van der Waals surface area contributed by atoms with Gasteiger partial charge in [-0.3, -0.25) is 14.4 Å². The van der Waals surface area contributed by atoms with Gasteiger partial charge in [0.15, 0.2) is 6.61 Å². The number of hydrogen-bond acceptors (Lipinski definition) is 4. The van der Waals surface area contributed by atoms with Crippen LogP contribution in [0, 0.1) is 25.7 Å². The molecular weight excluding hydrogens is 635 g/mol. The molecule has 0 saturated heterocycles. The number of unbranched alkanes of at least 4 members (excludes halogenated alkanes) is 2. The molecule has 3 amide bonds. The number of carbonyl (C=O) groups is 3. The number of likely N-dealkylation sites (N-methyl/N-ethyl adjacent to an activating group) is 1. The number of aryl methyl sites for hydroxylation is 2. The van der Waals surface area contributed by atoms with Crippen molar-refractivity contribution in [1.29, 1.82) is 0 Å². The monoisotopic (exact) mass is 699 g/mol. The molecule has 3 aromatic rings. The molecule has 7 heteroatoms. The Hall–Kier alpha value is -4.13. The summed E-state index contributed by atoms with van der Waals surface area (Å²) in [6.07, 6.45) is 9.09. The second kappa shape index (κ2) is 24.1. The van der Waals surface area contributed by atoms with Gasteiger partial charge in [0.05, 0.1) is 0 Å². The molecule has 0 aliphatic heterocycles. The molecule has 0 fully saturated rings. The van der Waals surface area contributed by atoms with Gasteiger partial charge in [-0.05, 0) is 87.3 Å². The number of nitrogens with one attached hydrogen (secondary N) is 2. The van der Waals surface area contributed by atoms with E-state index in [0.717, 1.165) is 61.2 Å². The Morgan fingerprint density at radius 2 is 1.14 bits per heavy atom. The highest BCUT2D eigenvalue weighted by molar-refractivity contribution is 6.06. The molecule has 0 radical (unpaired) electrons. The molecule has 0 saturated carbocycles. The van der Waals surface area contributed by atoms with Crippen LogP contribution in [-0.2, 0) is 4.79 Å². The number of hydrogen-bond donors (Lipinski definition) is 2. The van der Waals surface area contributed by atoms with E-state index >= 15 is 0 Å². The van der Waals surface area contributed by atoms with Crippen molar-refractivity contribution < 1.29 is 19.1 Å². The van der Waals surface area contributed by atoms with E-state index in [1.165, 1.54) is 31.2 Å². The minimum atomic E-state index is -0.0774. The Morgan fingerprint density at radius 3 is 1.55 bits per heavy atom. The fraction of sp³-hybridized carbons (Fsp3) is 0.523. The van der Waals surface area contributed by atoms with Gasteiger partial charge in [-0.25, -0.2) is 0 Å². The van der Waals surface area contributed by atoms with Crippen LogP contribution < -0.4 is 15.4 Å². The minimum absolute atomic E-state index is 0.0370. The molecular formula is C44H65N3O4. The molecule has 0 aliphatic carbocycles. The molecule has 0 bridgehead atoms. The average molecular weight is 700 g/mol. The van der Waals surface area contributed by atoms with E-state index in [1.54, 1.807) is 4.90 Å². The first-order valence-electron chi connectivity index (χ1n) is 19.4. The summed E-state index contributed by atoms with van der Waals surface area (Å²) in [5, 5.41) is 6.29. The predicted octanol–water partition coefficient (Wildman–Crippen LogP) is 9.80. The molecule has 2 N–H and O–H groups in total. The Morgan fingerprint density at radius 1 is 0.667 bits per heavy atom. The highest BCUT2D eigenvalue weighted by atomic mass is 16.5.